The van der Waals surface area contributed by atoms with Gasteiger partial charge in [-0.2, -0.15) is 5.10 Å². The van der Waals surface area contributed by atoms with Crippen LogP contribution in [0.15, 0.2) is 47.3 Å². The number of nitrogens with two attached hydrogens (primary N) is 1. The van der Waals surface area contributed by atoms with E-state index in [1.165, 1.54) is 6.07 Å². The van der Waals surface area contributed by atoms with Gasteiger partial charge in [0.2, 0.25) is 0 Å². The average Bonchev–Trinajstić information content (AvgIpc) is 2.73. The van der Waals surface area contributed by atoms with Crippen molar-refractivity contribution in [2.24, 2.45) is 5.73 Å². The summed E-state index contributed by atoms with van der Waals surface area (Å²) in [6, 6.07) is 11.9. The summed E-state index contributed by atoms with van der Waals surface area (Å²) in [5, 5.41) is 10.9. The van der Waals surface area contributed by atoms with E-state index in [4.69, 9.17) is 5.73 Å². The lowest BCUT2D eigenvalue weighted by Gasteiger charge is -2.26. The molecular weight excluding hydrogens is 371 g/mol. The van der Waals surface area contributed by atoms with Gasteiger partial charge >= 0.3 is 0 Å². The minimum atomic E-state index is -0.557. The van der Waals surface area contributed by atoms with Crippen LogP contribution in [0.1, 0.15) is 47.3 Å². The van der Waals surface area contributed by atoms with Gasteiger partial charge in [0, 0.05) is 23.9 Å². The summed E-state index contributed by atoms with van der Waals surface area (Å²) in [6.45, 7) is 0. The Kier molecular flexibility index (Phi) is 5.40. The molecule has 4 N–H and O–H groups in total. The molecule has 4 rings (SSSR count). The Labute approximate surface area is 167 Å². The number of carbonyl (C=O) groups excluding carboxylic acids is 1. The van der Waals surface area contributed by atoms with Crippen molar-refractivity contribution in [3.63, 3.8) is 0 Å². The molecule has 0 radical (unpaired) electrons. The number of rotatable bonds is 4. The lowest BCUT2D eigenvalue weighted by atomic mass is 9.91. The highest BCUT2D eigenvalue weighted by molar-refractivity contribution is 5.95. The number of aromatic amines is 1. The normalized spacial score (nSPS) is 19.2. The van der Waals surface area contributed by atoms with Gasteiger partial charge in [-0.05, 0) is 49.4 Å². The maximum Gasteiger partial charge on any atom is 0.272 e. The largest absolute Gasteiger partial charge is 0.349 e. The maximum atomic E-state index is 14.3. The highest BCUT2D eigenvalue weighted by Gasteiger charge is 2.22. The second-order valence-electron chi connectivity index (χ2n) is 7.62. The first kappa shape index (κ1) is 19.3. The molecule has 7 heteroatoms. The van der Waals surface area contributed by atoms with E-state index in [2.05, 4.69) is 15.5 Å². The zero-order valence-corrected chi connectivity index (χ0v) is 16.0. The van der Waals surface area contributed by atoms with E-state index >= 15 is 0 Å². The highest BCUT2D eigenvalue weighted by Crippen LogP contribution is 2.20. The first-order valence-electron chi connectivity index (χ1n) is 9.82. The molecule has 2 aromatic carbocycles. The third-order valence-corrected chi connectivity index (χ3v) is 5.53. The van der Waals surface area contributed by atoms with Crippen molar-refractivity contribution in [3.8, 4) is 0 Å². The number of hydrogen-bond donors (Lipinski definition) is 3. The molecule has 0 spiro atoms. The van der Waals surface area contributed by atoms with Crippen molar-refractivity contribution < 1.29 is 9.18 Å². The van der Waals surface area contributed by atoms with Crippen molar-refractivity contribution in [1.29, 1.82) is 0 Å². The van der Waals surface area contributed by atoms with Gasteiger partial charge in [0.1, 0.15) is 5.82 Å². The van der Waals surface area contributed by atoms with Gasteiger partial charge in [0.25, 0.3) is 11.5 Å². The van der Waals surface area contributed by atoms with Crippen LogP contribution in [0.3, 0.4) is 0 Å². The van der Waals surface area contributed by atoms with Gasteiger partial charge in [-0.15, -0.1) is 0 Å². The molecule has 1 aliphatic carbocycles. The van der Waals surface area contributed by atoms with Gasteiger partial charge in [-0.1, -0.05) is 24.3 Å². The van der Waals surface area contributed by atoms with E-state index in [0.717, 1.165) is 36.6 Å². The first-order chi connectivity index (χ1) is 14.0. The van der Waals surface area contributed by atoms with Crippen LogP contribution in [-0.2, 0) is 6.42 Å². The molecule has 1 saturated carbocycles. The van der Waals surface area contributed by atoms with E-state index in [1.807, 2.05) is 12.1 Å². The fraction of sp³-hybridized carbons (Fsp3) is 0.318. The summed E-state index contributed by atoms with van der Waals surface area (Å²) in [5.74, 6) is -0.970. The molecule has 1 amide bonds. The number of H-pyrrole nitrogens is 1. The number of nitrogens with one attached hydrogen (secondary N) is 2. The number of halogens is 1. The second-order valence-corrected chi connectivity index (χ2v) is 7.62. The summed E-state index contributed by atoms with van der Waals surface area (Å²) < 4.78 is 14.3. The third kappa shape index (κ3) is 4.19. The molecule has 1 fully saturated rings. The van der Waals surface area contributed by atoms with Crippen LogP contribution < -0.4 is 16.6 Å². The molecule has 1 aliphatic rings. The predicted octanol–water partition coefficient (Wildman–Crippen LogP) is 2.65. The molecule has 1 aromatic heterocycles. The second kappa shape index (κ2) is 8.13. The summed E-state index contributed by atoms with van der Waals surface area (Å²) in [4.78, 5) is 24.6. The Hall–Kier alpha value is -3.06. The van der Waals surface area contributed by atoms with Crippen LogP contribution in [0.25, 0.3) is 10.8 Å². The van der Waals surface area contributed by atoms with Crippen LogP contribution in [0.4, 0.5) is 4.39 Å². The topological polar surface area (TPSA) is 101 Å². The summed E-state index contributed by atoms with van der Waals surface area (Å²) in [6.07, 6.45) is 3.70. The van der Waals surface area contributed by atoms with Crippen molar-refractivity contribution >= 4 is 16.7 Å². The van der Waals surface area contributed by atoms with Crippen LogP contribution in [0.2, 0.25) is 0 Å². The number of fused-ring (bicyclic) bond motifs is 1. The minimum Gasteiger partial charge on any atom is -0.349 e. The Morgan fingerprint density at radius 3 is 2.62 bits per heavy atom. The standard InChI is InChI=1S/C22H23FN4O2/c23-19-10-5-13(11-18(19)21(28)25-15-8-6-14(24)7-9-15)12-20-16-3-1-2-4-17(16)22(29)27-26-20/h1-5,10-11,14-15H,6-9,12,24H2,(H,25,28)(H,27,29). The van der Waals surface area contributed by atoms with Gasteiger partial charge < -0.3 is 11.1 Å². The van der Waals surface area contributed by atoms with Crippen molar-refractivity contribution in [2.45, 2.75) is 44.2 Å². The Morgan fingerprint density at radius 1 is 1.14 bits per heavy atom. The summed E-state index contributed by atoms with van der Waals surface area (Å²) >= 11 is 0. The van der Waals surface area contributed by atoms with Gasteiger partial charge in [-0.25, -0.2) is 9.49 Å². The van der Waals surface area contributed by atoms with Crippen LogP contribution >= 0.6 is 0 Å². The molecule has 0 aliphatic heterocycles. The van der Waals surface area contributed by atoms with E-state index in [9.17, 15) is 14.0 Å². The summed E-state index contributed by atoms with van der Waals surface area (Å²) in [7, 11) is 0. The smallest absolute Gasteiger partial charge is 0.272 e. The van der Waals surface area contributed by atoms with E-state index in [0.29, 0.717) is 17.5 Å². The summed E-state index contributed by atoms with van der Waals surface area (Å²) in [5.41, 5.74) is 7.08. The molecule has 0 bridgehead atoms. The molecule has 6 nitrogen and oxygen atoms in total. The average molecular weight is 394 g/mol. The first-order valence-corrected chi connectivity index (χ1v) is 9.82. The number of nitrogens with zero attached hydrogens (tertiary/aromatic N) is 1. The lowest BCUT2D eigenvalue weighted by Crippen LogP contribution is -2.40. The maximum absolute atomic E-state index is 14.3. The molecule has 150 valence electrons. The predicted molar refractivity (Wildman–Crippen MR) is 109 cm³/mol. The zero-order chi connectivity index (χ0) is 20.4. The Bertz CT molecular complexity index is 1100. The third-order valence-electron chi connectivity index (χ3n) is 5.53. The van der Waals surface area contributed by atoms with Crippen molar-refractivity contribution in [3.05, 3.63) is 75.5 Å². The van der Waals surface area contributed by atoms with E-state index < -0.39 is 11.7 Å². The number of amides is 1. The lowest BCUT2D eigenvalue weighted by molar-refractivity contribution is 0.0921. The van der Waals surface area contributed by atoms with Gasteiger partial charge in [-0.3, -0.25) is 9.59 Å². The zero-order valence-electron chi connectivity index (χ0n) is 16.0. The monoisotopic (exact) mass is 394 g/mol. The Balaban J connectivity index is 1.57. The van der Waals surface area contributed by atoms with E-state index in [-0.39, 0.29) is 23.2 Å². The quantitative estimate of drug-likeness (QED) is 0.633. The minimum absolute atomic E-state index is 0.0195. The molecule has 29 heavy (non-hydrogen) atoms. The molecule has 0 atom stereocenters. The molecule has 1 heterocycles. The number of hydrogen-bond acceptors (Lipinski definition) is 4. The van der Waals surface area contributed by atoms with Crippen molar-refractivity contribution in [1.82, 2.24) is 15.5 Å². The molecule has 0 unspecified atom stereocenters. The van der Waals surface area contributed by atoms with Crippen LogP contribution in [0.5, 0.6) is 0 Å². The van der Waals surface area contributed by atoms with Crippen LogP contribution in [0, 0.1) is 5.82 Å². The SMILES string of the molecule is NC1CCC(NC(=O)c2cc(Cc3n[nH]c(=O)c4ccccc34)ccc2F)CC1. The Morgan fingerprint density at radius 2 is 1.86 bits per heavy atom. The fourth-order valence-electron chi connectivity index (χ4n) is 3.88. The van der Waals surface area contributed by atoms with Crippen molar-refractivity contribution in [2.75, 3.05) is 0 Å². The van der Waals surface area contributed by atoms with Gasteiger partial charge in [0.15, 0.2) is 0 Å². The number of aromatic nitrogens is 2. The number of benzene rings is 2. The highest BCUT2D eigenvalue weighted by atomic mass is 19.1. The van der Waals surface area contributed by atoms with Crippen LogP contribution in [-0.4, -0.2) is 28.2 Å². The van der Waals surface area contributed by atoms with Gasteiger partial charge in [0.05, 0.1) is 16.6 Å². The molecule has 0 saturated heterocycles. The number of carbonyl (C=O) groups is 1. The fourth-order valence-corrected chi connectivity index (χ4v) is 3.88. The molecule has 3 aromatic rings. The molecular formula is C22H23FN4O2. The van der Waals surface area contributed by atoms with E-state index in [1.54, 1.807) is 24.3 Å².